The van der Waals surface area contributed by atoms with Gasteiger partial charge in [0.05, 0.1) is 13.2 Å². The zero-order chi connectivity index (χ0) is 17.7. The van der Waals surface area contributed by atoms with E-state index in [0.717, 1.165) is 34.4 Å². The van der Waals surface area contributed by atoms with Crippen molar-refractivity contribution in [1.29, 1.82) is 0 Å². The molecule has 2 aromatic carbocycles. The average molecular weight is 325 g/mol. The molecule has 1 atom stereocenters. The number of methoxy groups -OCH3 is 1. The Morgan fingerprint density at radius 1 is 1.08 bits per heavy atom. The van der Waals surface area contributed by atoms with Gasteiger partial charge in [-0.1, -0.05) is 43.7 Å². The lowest BCUT2D eigenvalue weighted by Gasteiger charge is -2.22. The molecule has 0 aliphatic heterocycles. The van der Waals surface area contributed by atoms with Crippen LogP contribution >= 0.6 is 0 Å². The molecule has 0 fully saturated rings. The van der Waals surface area contributed by atoms with Crippen molar-refractivity contribution in [2.24, 2.45) is 5.92 Å². The molecular weight excluding hydrogens is 298 g/mol. The normalized spacial score (nSPS) is 12.1. The topological polar surface area (TPSA) is 38.3 Å². The molecule has 0 radical (unpaired) electrons. The Hall–Kier alpha value is -2.29. The van der Waals surface area contributed by atoms with Crippen LogP contribution in [0.15, 0.2) is 42.5 Å². The molecule has 1 amide bonds. The van der Waals surface area contributed by atoms with E-state index in [4.69, 9.17) is 4.74 Å². The molecule has 2 rings (SSSR count). The number of carbonyl (C=O) groups is 1. The largest absolute Gasteiger partial charge is 0.497 e. The summed E-state index contributed by atoms with van der Waals surface area (Å²) in [5.41, 5.74) is 3.94. The summed E-state index contributed by atoms with van der Waals surface area (Å²) >= 11 is 0. The zero-order valence-electron chi connectivity index (χ0n) is 15.2. The Labute approximate surface area is 145 Å². The van der Waals surface area contributed by atoms with E-state index in [2.05, 4.69) is 19.2 Å². The molecule has 0 heterocycles. The number of ether oxygens (including phenoxy) is 1. The second kappa shape index (κ2) is 8.00. The van der Waals surface area contributed by atoms with E-state index >= 15 is 0 Å². The summed E-state index contributed by atoms with van der Waals surface area (Å²) in [4.78, 5) is 12.8. The molecule has 0 saturated carbocycles. The fraction of sp³-hybridized carbons (Fsp3) is 0.381. The maximum absolute atomic E-state index is 12.8. The lowest BCUT2D eigenvalue weighted by molar-refractivity contribution is 0.0931. The molecule has 2 aromatic rings. The first kappa shape index (κ1) is 18.1. The Morgan fingerprint density at radius 2 is 1.75 bits per heavy atom. The molecular formula is C21H27NO2. The first-order valence-electron chi connectivity index (χ1n) is 8.42. The predicted molar refractivity (Wildman–Crippen MR) is 98.6 cm³/mol. The first-order chi connectivity index (χ1) is 11.4. The molecule has 0 saturated heterocycles. The van der Waals surface area contributed by atoms with E-state index in [1.54, 1.807) is 7.11 Å². The molecule has 0 aliphatic rings. The van der Waals surface area contributed by atoms with Crippen LogP contribution in [0.1, 0.15) is 53.4 Å². The van der Waals surface area contributed by atoms with E-state index in [1.807, 2.05) is 56.3 Å². The number of rotatable bonds is 6. The van der Waals surface area contributed by atoms with Gasteiger partial charge in [0.25, 0.3) is 5.91 Å². The molecule has 3 heteroatoms. The highest BCUT2D eigenvalue weighted by atomic mass is 16.5. The van der Waals surface area contributed by atoms with Gasteiger partial charge in [0.2, 0.25) is 0 Å². The summed E-state index contributed by atoms with van der Waals surface area (Å²) in [6.45, 7) is 8.31. The summed E-state index contributed by atoms with van der Waals surface area (Å²) in [6.07, 6.45) is 0.892. The number of nitrogens with one attached hydrogen (secondary N) is 1. The van der Waals surface area contributed by atoms with Crippen LogP contribution < -0.4 is 10.1 Å². The van der Waals surface area contributed by atoms with Crippen LogP contribution in [0.3, 0.4) is 0 Å². The number of hydrogen-bond donors (Lipinski definition) is 1. The lowest BCUT2D eigenvalue weighted by atomic mass is 9.96. The fourth-order valence-corrected chi connectivity index (χ4v) is 2.80. The smallest absolute Gasteiger partial charge is 0.252 e. The van der Waals surface area contributed by atoms with E-state index < -0.39 is 0 Å². The second-order valence-electron chi connectivity index (χ2n) is 6.75. The zero-order valence-corrected chi connectivity index (χ0v) is 15.2. The van der Waals surface area contributed by atoms with E-state index in [1.165, 1.54) is 0 Å². The van der Waals surface area contributed by atoms with Gasteiger partial charge in [-0.3, -0.25) is 4.79 Å². The van der Waals surface area contributed by atoms with E-state index in [-0.39, 0.29) is 11.9 Å². The van der Waals surface area contributed by atoms with Crippen molar-refractivity contribution in [3.05, 3.63) is 64.7 Å². The first-order valence-corrected chi connectivity index (χ1v) is 8.42. The van der Waals surface area contributed by atoms with Crippen molar-refractivity contribution in [3.8, 4) is 5.75 Å². The van der Waals surface area contributed by atoms with Gasteiger partial charge >= 0.3 is 0 Å². The molecule has 0 aromatic heterocycles. The third-order valence-electron chi connectivity index (χ3n) is 4.17. The molecule has 0 bridgehead atoms. The number of amides is 1. The van der Waals surface area contributed by atoms with Crippen molar-refractivity contribution in [2.75, 3.05) is 7.11 Å². The highest BCUT2D eigenvalue weighted by molar-refractivity contribution is 5.96. The third-order valence-corrected chi connectivity index (χ3v) is 4.17. The Bertz CT molecular complexity index is 689. The Kier molecular flexibility index (Phi) is 6.02. The molecule has 0 unspecified atom stereocenters. The monoisotopic (exact) mass is 325 g/mol. The minimum atomic E-state index is -0.0160. The summed E-state index contributed by atoms with van der Waals surface area (Å²) in [7, 11) is 1.66. The highest BCUT2D eigenvalue weighted by Gasteiger charge is 2.18. The maximum atomic E-state index is 12.8. The molecule has 3 nitrogen and oxygen atoms in total. The minimum Gasteiger partial charge on any atom is -0.497 e. The second-order valence-corrected chi connectivity index (χ2v) is 6.75. The van der Waals surface area contributed by atoms with E-state index in [9.17, 15) is 4.79 Å². The fourth-order valence-electron chi connectivity index (χ4n) is 2.80. The third kappa shape index (κ3) is 4.60. The SMILES string of the molecule is COc1ccc([C@@H](CC(C)C)NC(=O)c2cc(C)ccc2C)cc1. The number of carbonyl (C=O) groups excluding carboxylic acids is 1. The molecule has 24 heavy (non-hydrogen) atoms. The van der Waals surface area contributed by atoms with Gasteiger partial charge < -0.3 is 10.1 Å². The van der Waals surface area contributed by atoms with E-state index in [0.29, 0.717) is 5.92 Å². The number of aryl methyl sites for hydroxylation is 2. The van der Waals surface area contributed by atoms with Crippen LogP contribution in [0.5, 0.6) is 5.75 Å². The van der Waals surface area contributed by atoms with Crippen LogP contribution in [0.4, 0.5) is 0 Å². The van der Waals surface area contributed by atoms with Gasteiger partial charge in [-0.2, -0.15) is 0 Å². The molecule has 0 aliphatic carbocycles. The van der Waals surface area contributed by atoms with Gasteiger partial charge in [-0.15, -0.1) is 0 Å². The van der Waals surface area contributed by atoms with Gasteiger partial charge in [0.15, 0.2) is 0 Å². The van der Waals surface area contributed by atoms with Crippen molar-refractivity contribution >= 4 is 5.91 Å². The quantitative estimate of drug-likeness (QED) is 0.826. The minimum absolute atomic E-state index is 0.0108. The standard InChI is InChI=1S/C21H27NO2/c1-14(2)12-20(17-8-10-18(24-5)11-9-17)22-21(23)19-13-15(3)6-7-16(19)4/h6-11,13-14,20H,12H2,1-5H3,(H,22,23)/t20-/m1/s1. The summed E-state index contributed by atoms with van der Waals surface area (Å²) < 4.78 is 5.22. The van der Waals surface area contributed by atoms with Crippen LogP contribution in [0, 0.1) is 19.8 Å². The number of benzene rings is 2. The van der Waals surface area contributed by atoms with Crippen LogP contribution in [0.2, 0.25) is 0 Å². The molecule has 128 valence electrons. The van der Waals surface area contributed by atoms with Crippen molar-refractivity contribution < 1.29 is 9.53 Å². The summed E-state index contributed by atoms with van der Waals surface area (Å²) in [5.74, 6) is 1.29. The molecule has 1 N–H and O–H groups in total. The van der Waals surface area contributed by atoms with Crippen LogP contribution in [-0.2, 0) is 0 Å². The number of hydrogen-bond acceptors (Lipinski definition) is 2. The summed E-state index contributed by atoms with van der Waals surface area (Å²) in [5, 5.41) is 3.21. The van der Waals surface area contributed by atoms with Gasteiger partial charge in [-0.05, 0) is 55.5 Å². The van der Waals surface area contributed by atoms with Crippen molar-refractivity contribution in [2.45, 2.75) is 40.2 Å². The Morgan fingerprint density at radius 3 is 2.33 bits per heavy atom. The van der Waals surface area contributed by atoms with Gasteiger partial charge in [0, 0.05) is 5.56 Å². The van der Waals surface area contributed by atoms with Crippen molar-refractivity contribution in [1.82, 2.24) is 5.32 Å². The van der Waals surface area contributed by atoms with Gasteiger partial charge in [0.1, 0.15) is 5.75 Å². The lowest BCUT2D eigenvalue weighted by Crippen LogP contribution is -2.30. The van der Waals surface area contributed by atoms with Gasteiger partial charge in [-0.25, -0.2) is 0 Å². The van der Waals surface area contributed by atoms with Crippen molar-refractivity contribution in [3.63, 3.8) is 0 Å². The Balaban J connectivity index is 2.24. The van der Waals surface area contributed by atoms with Crippen LogP contribution in [0.25, 0.3) is 0 Å². The highest BCUT2D eigenvalue weighted by Crippen LogP contribution is 2.24. The predicted octanol–water partition coefficient (Wildman–Crippen LogP) is 4.83. The molecule has 0 spiro atoms. The maximum Gasteiger partial charge on any atom is 0.252 e. The summed E-state index contributed by atoms with van der Waals surface area (Å²) in [6, 6.07) is 13.9. The van der Waals surface area contributed by atoms with Crippen LogP contribution in [-0.4, -0.2) is 13.0 Å². The average Bonchev–Trinajstić information content (AvgIpc) is 2.56.